The number of fused-ring (bicyclic) bond motifs is 1. The van der Waals surface area contributed by atoms with Crippen molar-refractivity contribution in [2.75, 3.05) is 14.2 Å². The number of hydrogen-bond acceptors (Lipinski definition) is 3. The maximum Gasteiger partial charge on any atom is 0.116 e. The summed E-state index contributed by atoms with van der Waals surface area (Å²) in [5.41, 5.74) is 5.79. The molecule has 2 unspecified atom stereocenters. The van der Waals surface area contributed by atoms with Crippen molar-refractivity contribution in [3.05, 3.63) is 23.7 Å². The van der Waals surface area contributed by atoms with Crippen molar-refractivity contribution in [1.82, 2.24) is 0 Å². The van der Waals surface area contributed by atoms with Gasteiger partial charge in [0.2, 0.25) is 0 Å². The molecule has 12 heavy (non-hydrogen) atoms. The van der Waals surface area contributed by atoms with Gasteiger partial charge >= 0.3 is 0 Å². The highest BCUT2D eigenvalue weighted by Crippen LogP contribution is 2.53. The standard InChI is InChI=1S/C9H13NO2/c1-11-7-3-4-8(12-2)9(10)5-6(7)9/h3-4,6H,5,10H2,1-2H3. The molecule has 2 aliphatic rings. The quantitative estimate of drug-likeness (QED) is 0.661. The Morgan fingerprint density at radius 2 is 2.17 bits per heavy atom. The zero-order chi connectivity index (χ0) is 8.77. The molecule has 1 fully saturated rings. The van der Waals surface area contributed by atoms with Crippen LogP contribution in [0.5, 0.6) is 0 Å². The number of allylic oxidation sites excluding steroid dienone is 2. The molecule has 0 amide bonds. The van der Waals surface area contributed by atoms with E-state index in [2.05, 4.69) is 0 Å². The Kier molecular flexibility index (Phi) is 1.45. The van der Waals surface area contributed by atoms with E-state index in [1.165, 1.54) is 0 Å². The Bertz CT molecular complexity index is 270. The summed E-state index contributed by atoms with van der Waals surface area (Å²) in [6.07, 6.45) is 4.76. The molecular weight excluding hydrogens is 154 g/mol. The topological polar surface area (TPSA) is 44.5 Å². The average molecular weight is 167 g/mol. The smallest absolute Gasteiger partial charge is 0.116 e. The molecule has 2 atom stereocenters. The maximum atomic E-state index is 6.06. The minimum atomic E-state index is -0.269. The molecule has 2 aliphatic carbocycles. The molecule has 3 nitrogen and oxygen atoms in total. The number of rotatable bonds is 2. The summed E-state index contributed by atoms with van der Waals surface area (Å²) in [4.78, 5) is 0. The third-order valence-electron chi connectivity index (χ3n) is 2.66. The first kappa shape index (κ1) is 7.68. The van der Waals surface area contributed by atoms with E-state index in [1.54, 1.807) is 14.2 Å². The van der Waals surface area contributed by atoms with Crippen LogP contribution in [0.2, 0.25) is 0 Å². The fourth-order valence-corrected chi connectivity index (χ4v) is 1.80. The second-order valence-corrected chi connectivity index (χ2v) is 3.31. The first-order valence-corrected chi connectivity index (χ1v) is 4.01. The molecule has 2 rings (SSSR count). The summed E-state index contributed by atoms with van der Waals surface area (Å²) in [5.74, 6) is 2.18. The monoisotopic (exact) mass is 167 g/mol. The number of nitrogens with two attached hydrogens (primary N) is 1. The van der Waals surface area contributed by atoms with Gasteiger partial charge < -0.3 is 15.2 Å². The summed E-state index contributed by atoms with van der Waals surface area (Å²) < 4.78 is 10.4. The molecule has 0 aromatic carbocycles. The molecule has 66 valence electrons. The zero-order valence-corrected chi connectivity index (χ0v) is 7.33. The molecule has 0 spiro atoms. The molecule has 0 bridgehead atoms. The highest BCUT2D eigenvalue weighted by molar-refractivity contribution is 5.40. The molecular formula is C9H13NO2. The fourth-order valence-electron chi connectivity index (χ4n) is 1.80. The van der Waals surface area contributed by atoms with Crippen molar-refractivity contribution in [3.63, 3.8) is 0 Å². The van der Waals surface area contributed by atoms with E-state index in [9.17, 15) is 0 Å². The number of ether oxygens (including phenoxy) is 2. The van der Waals surface area contributed by atoms with Gasteiger partial charge in [-0.05, 0) is 18.6 Å². The first-order chi connectivity index (χ1) is 5.72. The van der Waals surface area contributed by atoms with Gasteiger partial charge in [-0.15, -0.1) is 0 Å². The highest BCUT2D eigenvalue weighted by Gasteiger charge is 2.58. The molecule has 0 aromatic rings. The fraction of sp³-hybridized carbons (Fsp3) is 0.556. The van der Waals surface area contributed by atoms with E-state index in [1.807, 2.05) is 12.2 Å². The van der Waals surface area contributed by atoms with Gasteiger partial charge in [-0.2, -0.15) is 0 Å². The van der Waals surface area contributed by atoms with E-state index >= 15 is 0 Å². The van der Waals surface area contributed by atoms with Gasteiger partial charge in [-0.3, -0.25) is 0 Å². The second-order valence-electron chi connectivity index (χ2n) is 3.31. The van der Waals surface area contributed by atoms with Gasteiger partial charge in [-0.25, -0.2) is 0 Å². The minimum Gasteiger partial charge on any atom is -0.501 e. The van der Waals surface area contributed by atoms with Crippen LogP contribution in [0.25, 0.3) is 0 Å². The van der Waals surface area contributed by atoms with Crippen LogP contribution >= 0.6 is 0 Å². The summed E-state index contributed by atoms with van der Waals surface area (Å²) in [6, 6.07) is 0. The van der Waals surface area contributed by atoms with Crippen LogP contribution in [0.15, 0.2) is 23.7 Å². The summed E-state index contributed by atoms with van der Waals surface area (Å²) >= 11 is 0. The molecule has 0 radical (unpaired) electrons. The highest BCUT2D eigenvalue weighted by atomic mass is 16.5. The first-order valence-electron chi connectivity index (χ1n) is 4.01. The third kappa shape index (κ3) is 0.799. The molecule has 1 saturated carbocycles. The van der Waals surface area contributed by atoms with E-state index in [-0.39, 0.29) is 5.54 Å². The van der Waals surface area contributed by atoms with Gasteiger partial charge in [0.05, 0.1) is 19.8 Å². The third-order valence-corrected chi connectivity index (χ3v) is 2.66. The van der Waals surface area contributed by atoms with E-state index < -0.39 is 0 Å². The number of methoxy groups -OCH3 is 2. The van der Waals surface area contributed by atoms with Crippen LogP contribution < -0.4 is 5.73 Å². The average Bonchev–Trinajstić information content (AvgIpc) is 2.75. The lowest BCUT2D eigenvalue weighted by Gasteiger charge is -2.19. The predicted octanol–water partition coefficient (Wildman–Crippen LogP) is 0.778. The molecule has 0 heterocycles. The minimum absolute atomic E-state index is 0.269. The van der Waals surface area contributed by atoms with Crippen molar-refractivity contribution >= 4 is 0 Å². The van der Waals surface area contributed by atoms with Crippen molar-refractivity contribution in [3.8, 4) is 0 Å². The molecule has 2 N–H and O–H groups in total. The Labute approximate surface area is 71.8 Å². The lowest BCUT2D eigenvalue weighted by Crippen LogP contribution is -2.30. The lowest BCUT2D eigenvalue weighted by molar-refractivity contribution is 0.227. The summed E-state index contributed by atoms with van der Waals surface area (Å²) in [7, 11) is 3.33. The summed E-state index contributed by atoms with van der Waals surface area (Å²) in [5, 5.41) is 0. The summed E-state index contributed by atoms with van der Waals surface area (Å²) in [6.45, 7) is 0. The van der Waals surface area contributed by atoms with Gasteiger partial charge in [0, 0.05) is 5.92 Å². The molecule has 0 aromatic heterocycles. The van der Waals surface area contributed by atoms with Crippen LogP contribution in [0, 0.1) is 5.92 Å². The van der Waals surface area contributed by atoms with E-state index in [4.69, 9.17) is 15.2 Å². The van der Waals surface area contributed by atoms with Gasteiger partial charge in [-0.1, -0.05) is 0 Å². The van der Waals surface area contributed by atoms with E-state index in [0.29, 0.717) is 5.92 Å². The SMILES string of the molecule is COC1=CC=C(OC)C2(N)CC12. The normalized spacial score (nSPS) is 37.8. The van der Waals surface area contributed by atoms with Crippen molar-refractivity contribution in [1.29, 1.82) is 0 Å². The van der Waals surface area contributed by atoms with E-state index in [0.717, 1.165) is 17.9 Å². The molecule has 0 aliphatic heterocycles. The van der Waals surface area contributed by atoms with Gasteiger partial charge in [0.15, 0.2) is 0 Å². The maximum absolute atomic E-state index is 6.06. The van der Waals surface area contributed by atoms with Crippen molar-refractivity contribution in [2.24, 2.45) is 11.7 Å². The lowest BCUT2D eigenvalue weighted by atomic mass is 10.1. The van der Waals surface area contributed by atoms with Crippen molar-refractivity contribution < 1.29 is 9.47 Å². The predicted molar refractivity (Wildman–Crippen MR) is 45.2 cm³/mol. The Morgan fingerprint density at radius 1 is 1.42 bits per heavy atom. The number of hydrogen-bond donors (Lipinski definition) is 1. The molecule has 3 heteroatoms. The second kappa shape index (κ2) is 2.26. The zero-order valence-electron chi connectivity index (χ0n) is 7.33. The molecule has 0 saturated heterocycles. The van der Waals surface area contributed by atoms with Crippen LogP contribution in [-0.4, -0.2) is 19.8 Å². The van der Waals surface area contributed by atoms with Crippen LogP contribution in [0.3, 0.4) is 0 Å². The van der Waals surface area contributed by atoms with Crippen molar-refractivity contribution in [2.45, 2.75) is 12.0 Å². The van der Waals surface area contributed by atoms with Gasteiger partial charge in [0.25, 0.3) is 0 Å². The largest absolute Gasteiger partial charge is 0.501 e. The van der Waals surface area contributed by atoms with Crippen LogP contribution in [0.4, 0.5) is 0 Å². The van der Waals surface area contributed by atoms with Crippen LogP contribution in [0.1, 0.15) is 6.42 Å². The van der Waals surface area contributed by atoms with Crippen LogP contribution in [-0.2, 0) is 9.47 Å². The Balaban J connectivity index is 2.29. The Morgan fingerprint density at radius 3 is 2.75 bits per heavy atom. The van der Waals surface area contributed by atoms with Gasteiger partial charge in [0.1, 0.15) is 11.5 Å². The Hall–Kier alpha value is -0.960.